The van der Waals surface area contributed by atoms with E-state index in [2.05, 4.69) is 10.2 Å². The quantitative estimate of drug-likeness (QED) is 0.610. The summed E-state index contributed by atoms with van der Waals surface area (Å²) < 4.78 is 5.65. The first-order valence-electron chi connectivity index (χ1n) is 8.63. The van der Waals surface area contributed by atoms with Crippen LogP contribution in [0.5, 0.6) is 0 Å². The van der Waals surface area contributed by atoms with Gasteiger partial charge >= 0.3 is 0 Å². The Kier molecular flexibility index (Phi) is 4.73. The van der Waals surface area contributed by atoms with Crippen molar-refractivity contribution in [3.8, 4) is 0 Å². The number of hydrogen-bond donors (Lipinski definition) is 0. The van der Waals surface area contributed by atoms with E-state index in [0.29, 0.717) is 53.7 Å². The SMILES string of the molecule is O=C1c2ccccc2C(=O)N1CCCc1nnc(Cc2cccc(Cl)c2)o1. The number of carbonyl (C=O) groups excluding carboxylic acids is 2. The minimum Gasteiger partial charge on any atom is -0.425 e. The maximum absolute atomic E-state index is 12.3. The van der Waals surface area contributed by atoms with Gasteiger partial charge in [-0.3, -0.25) is 14.5 Å². The van der Waals surface area contributed by atoms with Gasteiger partial charge in [-0.25, -0.2) is 0 Å². The molecule has 1 aromatic heterocycles. The summed E-state index contributed by atoms with van der Waals surface area (Å²) >= 11 is 5.98. The van der Waals surface area contributed by atoms with Crippen molar-refractivity contribution in [1.29, 1.82) is 0 Å². The van der Waals surface area contributed by atoms with Crippen molar-refractivity contribution in [3.05, 3.63) is 82.0 Å². The molecule has 0 aliphatic carbocycles. The molecule has 0 atom stereocenters. The van der Waals surface area contributed by atoms with Crippen molar-refractivity contribution in [2.75, 3.05) is 6.54 Å². The molecule has 27 heavy (non-hydrogen) atoms. The van der Waals surface area contributed by atoms with E-state index in [1.165, 1.54) is 4.90 Å². The Morgan fingerprint density at radius 2 is 1.63 bits per heavy atom. The molecule has 0 spiro atoms. The third-order valence-corrected chi connectivity index (χ3v) is 4.64. The Morgan fingerprint density at radius 3 is 2.33 bits per heavy atom. The summed E-state index contributed by atoms with van der Waals surface area (Å²) in [5, 5.41) is 8.75. The predicted octanol–water partition coefficient (Wildman–Crippen LogP) is 3.54. The zero-order valence-electron chi connectivity index (χ0n) is 14.4. The zero-order valence-corrected chi connectivity index (χ0v) is 15.1. The van der Waals surface area contributed by atoms with Gasteiger partial charge in [-0.15, -0.1) is 10.2 Å². The van der Waals surface area contributed by atoms with Gasteiger partial charge in [0, 0.05) is 18.0 Å². The van der Waals surface area contributed by atoms with Crippen LogP contribution in [0, 0.1) is 0 Å². The lowest BCUT2D eigenvalue weighted by atomic mass is 10.1. The van der Waals surface area contributed by atoms with Gasteiger partial charge in [0.2, 0.25) is 11.8 Å². The molecule has 2 amide bonds. The van der Waals surface area contributed by atoms with Crippen LogP contribution < -0.4 is 0 Å². The Hall–Kier alpha value is -2.99. The van der Waals surface area contributed by atoms with Crippen LogP contribution in [0.4, 0.5) is 0 Å². The molecule has 2 heterocycles. The van der Waals surface area contributed by atoms with Crippen LogP contribution in [0.3, 0.4) is 0 Å². The molecule has 0 N–H and O–H groups in total. The topological polar surface area (TPSA) is 76.3 Å². The predicted molar refractivity (Wildman–Crippen MR) is 98.7 cm³/mol. The highest BCUT2D eigenvalue weighted by Gasteiger charge is 2.34. The molecular formula is C20H16ClN3O3. The average molecular weight is 382 g/mol. The highest BCUT2D eigenvalue weighted by Crippen LogP contribution is 2.22. The number of rotatable bonds is 6. The second-order valence-corrected chi connectivity index (χ2v) is 6.74. The molecule has 4 rings (SSSR count). The van der Waals surface area contributed by atoms with E-state index in [0.717, 1.165) is 5.56 Å². The van der Waals surface area contributed by atoms with Gasteiger partial charge in [0.25, 0.3) is 11.8 Å². The molecule has 1 aliphatic rings. The maximum Gasteiger partial charge on any atom is 0.261 e. The van der Waals surface area contributed by atoms with Crippen LogP contribution in [0.15, 0.2) is 52.9 Å². The first-order valence-corrected chi connectivity index (χ1v) is 9.00. The fourth-order valence-corrected chi connectivity index (χ4v) is 3.33. The van der Waals surface area contributed by atoms with Crippen LogP contribution in [0.2, 0.25) is 5.02 Å². The normalized spacial score (nSPS) is 13.3. The van der Waals surface area contributed by atoms with Gasteiger partial charge in [0.15, 0.2) is 0 Å². The summed E-state index contributed by atoms with van der Waals surface area (Å²) in [6, 6.07) is 14.3. The molecule has 0 bridgehead atoms. The highest BCUT2D eigenvalue weighted by molar-refractivity contribution is 6.30. The Morgan fingerprint density at radius 1 is 0.926 bits per heavy atom. The van der Waals surface area contributed by atoms with E-state index in [9.17, 15) is 9.59 Å². The first-order chi connectivity index (χ1) is 13.1. The number of halogens is 1. The second-order valence-electron chi connectivity index (χ2n) is 6.31. The van der Waals surface area contributed by atoms with Gasteiger partial charge in [-0.05, 0) is 36.2 Å². The molecule has 136 valence electrons. The lowest BCUT2D eigenvalue weighted by Crippen LogP contribution is -2.30. The molecule has 0 saturated heterocycles. The zero-order chi connectivity index (χ0) is 18.8. The lowest BCUT2D eigenvalue weighted by Gasteiger charge is -2.12. The van der Waals surface area contributed by atoms with Crippen molar-refractivity contribution in [1.82, 2.24) is 15.1 Å². The standard InChI is InChI=1S/C20H16ClN3O3/c21-14-6-3-5-13(11-14)12-18-23-22-17(27-18)9-4-10-24-19(25)15-7-1-2-8-16(15)20(24)26/h1-3,5-8,11H,4,9-10,12H2. The van der Waals surface area contributed by atoms with E-state index in [1.54, 1.807) is 24.3 Å². The summed E-state index contributed by atoms with van der Waals surface area (Å²) in [5.74, 6) is 0.502. The molecular weight excluding hydrogens is 366 g/mol. The third kappa shape index (κ3) is 3.61. The van der Waals surface area contributed by atoms with E-state index >= 15 is 0 Å². The van der Waals surface area contributed by atoms with E-state index < -0.39 is 0 Å². The molecule has 0 unspecified atom stereocenters. The molecule has 1 aliphatic heterocycles. The lowest BCUT2D eigenvalue weighted by molar-refractivity contribution is 0.0651. The Bertz CT molecular complexity index is 980. The van der Waals surface area contributed by atoms with Gasteiger partial charge in [-0.2, -0.15) is 0 Å². The minimum absolute atomic E-state index is 0.247. The van der Waals surface area contributed by atoms with Crippen LogP contribution in [0.1, 0.15) is 44.5 Å². The molecule has 0 fully saturated rings. The Balaban J connectivity index is 1.33. The largest absolute Gasteiger partial charge is 0.425 e. The number of aryl methyl sites for hydroxylation is 1. The van der Waals surface area contributed by atoms with E-state index in [1.807, 2.05) is 24.3 Å². The minimum atomic E-state index is -0.247. The number of hydrogen-bond acceptors (Lipinski definition) is 5. The summed E-state index contributed by atoms with van der Waals surface area (Å²) in [5.41, 5.74) is 1.91. The number of amides is 2. The average Bonchev–Trinajstić information content (AvgIpc) is 3.20. The van der Waals surface area contributed by atoms with E-state index in [-0.39, 0.29) is 11.8 Å². The molecule has 2 aromatic carbocycles. The number of fused-ring (bicyclic) bond motifs is 1. The molecule has 3 aromatic rings. The Labute approximate surface area is 160 Å². The maximum atomic E-state index is 12.3. The molecule has 6 nitrogen and oxygen atoms in total. The van der Waals surface area contributed by atoms with Crippen LogP contribution in [-0.2, 0) is 12.8 Å². The summed E-state index contributed by atoms with van der Waals surface area (Å²) in [4.78, 5) is 25.9. The van der Waals surface area contributed by atoms with Gasteiger partial charge in [0.1, 0.15) is 0 Å². The summed E-state index contributed by atoms with van der Waals surface area (Å²) in [6.07, 6.45) is 1.56. The first kappa shape index (κ1) is 17.4. The fourth-order valence-electron chi connectivity index (χ4n) is 3.11. The van der Waals surface area contributed by atoms with Crippen LogP contribution in [0.25, 0.3) is 0 Å². The van der Waals surface area contributed by atoms with Crippen LogP contribution in [-0.4, -0.2) is 33.5 Å². The smallest absolute Gasteiger partial charge is 0.261 e. The van der Waals surface area contributed by atoms with Gasteiger partial charge in [-0.1, -0.05) is 35.9 Å². The van der Waals surface area contributed by atoms with Gasteiger partial charge in [0.05, 0.1) is 17.5 Å². The van der Waals surface area contributed by atoms with Gasteiger partial charge < -0.3 is 4.42 Å². The number of imide groups is 1. The highest BCUT2D eigenvalue weighted by atomic mass is 35.5. The van der Waals surface area contributed by atoms with Crippen molar-refractivity contribution in [3.63, 3.8) is 0 Å². The number of nitrogens with zero attached hydrogens (tertiary/aromatic N) is 3. The summed E-state index contributed by atoms with van der Waals surface area (Å²) in [7, 11) is 0. The monoisotopic (exact) mass is 381 g/mol. The number of aromatic nitrogens is 2. The van der Waals surface area contributed by atoms with Crippen molar-refractivity contribution in [2.24, 2.45) is 0 Å². The van der Waals surface area contributed by atoms with Crippen LogP contribution >= 0.6 is 11.6 Å². The second kappa shape index (κ2) is 7.32. The van der Waals surface area contributed by atoms with E-state index in [4.69, 9.17) is 16.0 Å². The fraction of sp³-hybridized carbons (Fsp3) is 0.200. The summed E-state index contributed by atoms with van der Waals surface area (Å²) in [6.45, 7) is 0.318. The third-order valence-electron chi connectivity index (χ3n) is 4.40. The van der Waals surface area contributed by atoms with Crippen molar-refractivity contribution in [2.45, 2.75) is 19.3 Å². The number of carbonyl (C=O) groups is 2. The molecule has 0 radical (unpaired) electrons. The number of benzene rings is 2. The molecule has 7 heteroatoms. The van der Waals surface area contributed by atoms with Crippen molar-refractivity contribution >= 4 is 23.4 Å². The van der Waals surface area contributed by atoms with Crippen molar-refractivity contribution < 1.29 is 14.0 Å². The molecule has 0 saturated carbocycles.